The average molecular weight is 232 g/mol. The molecule has 0 saturated carbocycles. The van der Waals surface area contributed by atoms with Crippen LogP contribution in [0.15, 0.2) is 30.3 Å². The molecule has 0 spiro atoms. The molecule has 1 aliphatic rings. The Morgan fingerprint density at radius 3 is 2.82 bits per heavy atom. The SMILES string of the molecule is CCCCCN1CCNC(c2ccccc2)C1. The third kappa shape index (κ3) is 3.83. The van der Waals surface area contributed by atoms with E-state index in [-0.39, 0.29) is 0 Å². The van der Waals surface area contributed by atoms with Gasteiger partial charge in [-0.2, -0.15) is 0 Å². The van der Waals surface area contributed by atoms with Gasteiger partial charge in [0.15, 0.2) is 0 Å². The molecule has 1 heterocycles. The largest absolute Gasteiger partial charge is 0.308 e. The van der Waals surface area contributed by atoms with Crippen LogP contribution in [0, 0.1) is 0 Å². The maximum absolute atomic E-state index is 3.61. The zero-order valence-corrected chi connectivity index (χ0v) is 10.9. The third-order valence-electron chi connectivity index (χ3n) is 3.54. The van der Waals surface area contributed by atoms with Crippen molar-refractivity contribution in [2.45, 2.75) is 32.2 Å². The molecule has 0 radical (unpaired) electrons. The molecule has 1 aromatic rings. The molecule has 2 nitrogen and oxygen atoms in total. The molecule has 0 aliphatic carbocycles. The van der Waals surface area contributed by atoms with Gasteiger partial charge < -0.3 is 10.2 Å². The molecule has 0 amide bonds. The molecule has 1 saturated heterocycles. The molecule has 94 valence electrons. The molecule has 1 aliphatic heterocycles. The van der Waals surface area contributed by atoms with Crippen LogP contribution in [0.5, 0.6) is 0 Å². The van der Waals surface area contributed by atoms with Crippen molar-refractivity contribution in [1.82, 2.24) is 10.2 Å². The molecule has 1 fully saturated rings. The summed E-state index contributed by atoms with van der Waals surface area (Å²) in [6.07, 6.45) is 4.02. The van der Waals surface area contributed by atoms with Gasteiger partial charge in [-0.3, -0.25) is 0 Å². The summed E-state index contributed by atoms with van der Waals surface area (Å²) in [5.41, 5.74) is 1.42. The van der Waals surface area contributed by atoms with Crippen LogP contribution in [0.25, 0.3) is 0 Å². The summed E-state index contributed by atoms with van der Waals surface area (Å²) >= 11 is 0. The quantitative estimate of drug-likeness (QED) is 0.785. The first kappa shape index (κ1) is 12.6. The first-order valence-electron chi connectivity index (χ1n) is 6.91. The number of hydrogen-bond donors (Lipinski definition) is 1. The van der Waals surface area contributed by atoms with E-state index < -0.39 is 0 Å². The predicted octanol–water partition coefficient (Wildman–Crippen LogP) is 2.82. The van der Waals surface area contributed by atoms with E-state index in [4.69, 9.17) is 0 Å². The number of benzene rings is 1. The Morgan fingerprint density at radius 2 is 2.06 bits per heavy atom. The summed E-state index contributed by atoms with van der Waals surface area (Å²) in [5.74, 6) is 0. The first-order valence-corrected chi connectivity index (χ1v) is 6.91. The van der Waals surface area contributed by atoms with Crippen molar-refractivity contribution in [3.63, 3.8) is 0 Å². The summed E-state index contributed by atoms with van der Waals surface area (Å²) in [6.45, 7) is 7.01. The van der Waals surface area contributed by atoms with Crippen molar-refractivity contribution in [1.29, 1.82) is 0 Å². The number of piperazine rings is 1. The normalized spacial score (nSPS) is 21.6. The molecule has 1 unspecified atom stereocenters. The van der Waals surface area contributed by atoms with E-state index in [0.717, 1.165) is 13.1 Å². The fraction of sp³-hybridized carbons (Fsp3) is 0.600. The molecule has 17 heavy (non-hydrogen) atoms. The lowest BCUT2D eigenvalue weighted by molar-refractivity contribution is 0.197. The minimum absolute atomic E-state index is 0.520. The second kappa shape index (κ2) is 6.77. The highest BCUT2D eigenvalue weighted by molar-refractivity contribution is 5.19. The standard InChI is InChI=1S/C15H24N2/c1-2-3-7-11-17-12-10-16-15(13-17)14-8-5-4-6-9-14/h4-6,8-9,15-16H,2-3,7,10-13H2,1H3. The van der Waals surface area contributed by atoms with E-state index in [0.29, 0.717) is 6.04 Å². The van der Waals surface area contributed by atoms with Crippen LogP contribution in [0.1, 0.15) is 37.8 Å². The predicted molar refractivity (Wildman–Crippen MR) is 73.2 cm³/mol. The van der Waals surface area contributed by atoms with Crippen molar-refractivity contribution in [2.24, 2.45) is 0 Å². The summed E-state index contributed by atoms with van der Waals surface area (Å²) in [6, 6.07) is 11.3. The lowest BCUT2D eigenvalue weighted by Crippen LogP contribution is -2.45. The molecule has 0 aromatic heterocycles. The zero-order valence-electron chi connectivity index (χ0n) is 10.9. The van der Waals surface area contributed by atoms with Crippen LogP contribution in [-0.4, -0.2) is 31.1 Å². The van der Waals surface area contributed by atoms with Crippen LogP contribution in [-0.2, 0) is 0 Å². The van der Waals surface area contributed by atoms with Gasteiger partial charge in [-0.15, -0.1) is 0 Å². The first-order chi connectivity index (χ1) is 8.40. The van der Waals surface area contributed by atoms with Gasteiger partial charge in [0.05, 0.1) is 0 Å². The maximum atomic E-state index is 3.61. The third-order valence-corrected chi connectivity index (χ3v) is 3.54. The highest BCUT2D eigenvalue weighted by Crippen LogP contribution is 2.17. The van der Waals surface area contributed by atoms with Crippen molar-refractivity contribution >= 4 is 0 Å². The fourth-order valence-corrected chi connectivity index (χ4v) is 2.51. The van der Waals surface area contributed by atoms with Crippen molar-refractivity contribution in [3.8, 4) is 0 Å². The van der Waals surface area contributed by atoms with Gasteiger partial charge in [0.2, 0.25) is 0 Å². The van der Waals surface area contributed by atoms with Gasteiger partial charge in [-0.25, -0.2) is 0 Å². The molecular weight excluding hydrogens is 208 g/mol. The number of unbranched alkanes of at least 4 members (excludes halogenated alkanes) is 2. The van der Waals surface area contributed by atoms with Crippen molar-refractivity contribution < 1.29 is 0 Å². The summed E-state index contributed by atoms with van der Waals surface area (Å²) in [7, 11) is 0. The number of nitrogens with one attached hydrogen (secondary N) is 1. The minimum atomic E-state index is 0.520. The second-order valence-electron chi connectivity index (χ2n) is 4.93. The number of rotatable bonds is 5. The van der Waals surface area contributed by atoms with Crippen LogP contribution in [0.3, 0.4) is 0 Å². The van der Waals surface area contributed by atoms with Gasteiger partial charge in [-0.1, -0.05) is 50.1 Å². The average Bonchev–Trinajstić information content (AvgIpc) is 2.41. The summed E-state index contributed by atoms with van der Waals surface area (Å²) in [5, 5.41) is 3.61. The molecular formula is C15H24N2. The van der Waals surface area contributed by atoms with E-state index in [2.05, 4.69) is 47.5 Å². The van der Waals surface area contributed by atoms with Gasteiger partial charge in [0.1, 0.15) is 0 Å². The highest BCUT2D eigenvalue weighted by atomic mass is 15.2. The Labute approximate surface area is 105 Å². The number of hydrogen-bond acceptors (Lipinski definition) is 2. The molecule has 1 atom stereocenters. The van der Waals surface area contributed by atoms with Crippen LogP contribution >= 0.6 is 0 Å². The van der Waals surface area contributed by atoms with Crippen molar-refractivity contribution in [2.75, 3.05) is 26.2 Å². The van der Waals surface area contributed by atoms with Gasteiger partial charge in [0.25, 0.3) is 0 Å². The topological polar surface area (TPSA) is 15.3 Å². The van der Waals surface area contributed by atoms with E-state index >= 15 is 0 Å². The molecule has 1 aromatic carbocycles. The van der Waals surface area contributed by atoms with Crippen LogP contribution < -0.4 is 5.32 Å². The smallest absolute Gasteiger partial charge is 0.0449 e. The Kier molecular flexibility index (Phi) is 5.02. The van der Waals surface area contributed by atoms with E-state index in [1.165, 1.54) is 37.9 Å². The highest BCUT2D eigenvalue weighted by Gasteiger charge is 2.19. The minimum Gasteiger partial charge on any atom is -0.308 e. The lowest BCUT2D eigenvalue weighted by atomic mass is 10.0. The molecule has 2 heteroatoms. The maximum Gasteiger partial charge on any atom is 0.0449 e. The second-order valence-corrected chi connectivity index (χ2v) is 4.93. The van der Waals surface area contributed by atoms with Gasteiger partial charge in [-0.05, 0) is 18.5 Å². The Bertz CT molecular complexity index is 310. The molecule has 2 rings (SSSR count). The Hall–Kier alpha value is -0.860. The van der Waals surface area contributed by atoms with E-state index in [1.807, 2.05) is 0 Å². The Balaban J connectivity index is 1.84. The molecule has 1 N–H and O–H groups in total. The van der Waals surface area contributed by atoms with Crippen molar-refractivity contribution in [3.05, 3.63) is 35.9 Å². The Morgan fingerprint density at radius 1 is 1.24 bits per heavy atom. The summed E-state index contributed by atoms with van der Waals surface area (Å²) < 4.78 is 0. The monoisotopic (exact) mass is 232 g/mol. The van der Waals surface area contributed by atoms with Crippen LogP contribution in [0.4, 0.5) is 0 Å². The summed E-state index contributed by atoms with van der Waals surface area (Å²) in [4.78, 5) is 2.60. The van der Waals surface area contributed by atoms with E-state index in [9.17, 15) is 0 Å². The van der Waals surface area contributed by atoms with Crippen LogP contribution in [0.2, 0.25) is 0 Å². The fourth-order valence-electron chi connectivity index (χ4n) is 2.51. The van der Waals surface area contributed by atoms with Gasteiger partial charge >= 0.3 is 0 Å². The molecule has 0 bridgehead atoms. The zero-order chi connectivity index (χ0) is 11.9. The van der Waals surface area contributed by atoms with Gasteiger partial charge in [0, 0.05) is 25.7 Å². The number of nitrogens with zero attached hydrogens (tertiary/aromatic N) is 1. The van der Waals surface area contributed by atoms with E-state index in [1.54, 1.807) is 0 Å². The lowest BCUT2D eigenvalue weighted by Gasteiger charge is -2.34.